The summed E-state index contributed by atoms with van der Waals surface area (Å²) >= 11 is 0. The zero-order chi connectivity index (χ0) is 18.6. The lowest BCUT2D eigenvalue weighted by molar-refractivity contribution is 0.0746. The molecule has 0 atom stereocenters. The van der Waals surface area contributed by atoms with Gasteiger partial charge in [0.05, 0.1) is 5.56 Å². The number of carbonyl (C=O) groups excluding carboxylic acids is 1. The van der Waals surface area contributed by atoms with Gasteiger partial charge in [-0.15, -0.1) is 0 Å². The molecule has 0 saturated carbocycles. The second-order valence-electron chi connectivity index (χ2n) is 7.57. The first-order valence-electron chi connectivity index (χ1n) is 10.0. The van der Waals surface area contributed by atoms with Gasteiger partial charge in [0, 0.05) is 51.2 Å². The normalized spacial score (nSPS) is 17.9. The fourth-order valence-corrected chi connectivity index (χ4v) is 4.00. The zero-order valence-corrected chi connectivity index (χ0v) is 16.1. The zero-order valence-electron chi connectivity index (χ0n) is 16.1. The van der Waals surface area contributed by atoms with E-state index in [0.717, 1.165) is 45.1 Å². The van der Waals surface area contributed by atoms with Gasteiger partial charge in [0.15, 0.2) is 0 Å². The summed E-state index contributed by atoms with van der Waals surface area (Å²) in [6.45, 7) is 7.50. The minimum Gasteiger partial charge on any atom is -0.368 e. The van der Waals surface area contributed by atoms with Crippen molar-refractivity contribution in [1.29, 1.82) is 0 Å². The SMILES string of the molecule is Cc1cccc(N2CCN(C(=O)c3ccc(N4CCCCC4)nc3)CC2)c1. The van der Waals surface area contributed by atoms with Crippen LogP contribution >= 0.6 is 0 Å². The van der Waals surface area contributed by atoms with Crippen LogP contribution in [0.2, 0.25) is 0 Å². The van der Waals surface area contributed by atoms with Crippen molar-refractivity contribution in [1.82, 2.24) is 9.88 Å². The first-order chi connectivity index (χ1) is 13.2. The van der Waals surface area contributed by atoms with E-state index in [0.29, 0.717) is 5.56 Å². The van der Waals surface area contributed by atoms with Crippen LogP contribution in [-0.4, -0.2) is 55.1 Å². The highest BCUT2D eigenvalue weighted by molar-refractivity contribution is 5.94. The number of anilines is 2. The Morgan fingerprint density at radius 2 is 1.67 bits per heavy atom. The van der Waals surface area contributed by atoms with Gasteiger partial charge in [0.25, 0.3) is 5.91 Å². The van der Waals surface area contributed by atoms with Crippen LogP contribution in [0.4, 0.5) is 11.5 Å². The van der Waals surface area contributed by atoms with E-state index in [4.69, 9.17) is 0 Å². The van der Waals surface area contributed by atoms with Crippen molar-refractivity contribution in [2.75, 3.05) is 49.1 Å². The lowest BCUT2D eigenvalue weighted by Crippen LogP contribution is -2.48. The molecule has 0 bridgehead atoms. The third-order valence-electron chi connectivity index (χ3n) is 5.61. The van der Waals surface area contributed by atoms with Gasteiger partial charge >= 0.3 is 0 Å². The first-order valence-corrected chi connectivity index (χ1v) is 10.0. The van der Waals surface area contributed by atoms with Crippen LogP contribution in [0.15, 0.2) is 42.6 Å². The summed E-state index contributed by atoms with van der Waals surface area (Å²) in [6.07, 6.45) is 5.52. The third kappa shape index (κ3) is 4.07. The number of aryl methyl sites for hydroxylation is 1. The van der Waals surface area contributed by atoms with Gasteiger partial charge in [-0.05, 0) is 56.0 Å². The Balaban J connectivity index is 1.36. The van der Waals surface area contributed by atoms with Crippen LogP contribution in [0.5, 0.6) is 0 Å². The standard InChI is InChI=1S/C22H28N4O/c1-18-6-5-7-20(16-18)24-12-14-26(15-13-24)22(27)19-8-9-21(23-17-19)25-10-3-2-4-11-25/h5-9,16-17H,2-4,10-15H2,1H3. The third-order valence-corrected chi connectivity index (χ3v) is 5.61. The molecule has 0 spiro atoms. The highest BCUT2D eigenvalue weighted by Gasteiger charge is 2.23. The second kappa shape index (κ2) is 7.99. The number of nitrogens with zero attached hydrogens (tertiary/aromatic N) is 4. The summed E-state index contributed by atoms with van der Waals surface area (Å²) in [4.78, 5) is 24.0. The molecule has 27 heavy (non-hydrogen) atoms. The molecule has 0 unspecified atom stereocenters. The number of benzene rings is 1. The molecule has 1 aromatic heterocycles. The average Bonchev–Trinajstić information content (AvgIpc) is 2.74. The Bertz CT molecular complexity index is 775. The molecule has 2 saturated heterocycles. The van der Waals surface area contributed by atoms with Crippen molar-refractivity contribution in [3.8, 4) is 0 Å². The highest BCUT2D eigenvalue weighted by atomic mass is 16.2. The summed E-state index contributed by atoms with van der Waals surface area (Å²) < 4.78 is 0. The van der Waals surface area contributed by atoms with Gasteiger partial charge < -0.3 is 14.7 Å². The fourth-order valence-electron chi connectivity index (χ4n) is 4.00. The van der Waals surface area contributed by atoms with Crippen LogP contribution < -0.4 is 9.80 Å². The van der Waals surface area contributed by atoms with E-state index >= 15 is 0 Å². The number of carbonyl (C=O) groups is 1. The molecular weight excluding hydrogens is 336 g/mol. The molecule has 2 aliphatic heterocycles. The monoisotopic (exact) mass is 364 g/mol. The smallest absolute Gasteiger partial charge is 0.255 e. The van der Waals surface area contributed by atoms with Gasteiger partial charge in [-0.25, -0.2) is 4.98 Å². The van der Waals surface area contributed by atoms with Crippen LogP contribution in [0.25, 0.3) is 0 Å². The molecule has 3 heterocycles. The Morgan fingerprint density at radius 3 is 2.33 bits per heavy atom. The van der Waals surface area contributed by atoms with Crippen LogP contribution in [-0.2, 0) is 0 Å². The van der Waals surface area contributed by atoms with Crippen molar-refractivity contribution in [2.45, 2.75) is 26.2 Å². The fraction of sp³-hybridized carbons (Fsp3) is 0.455. The molecule has 0 N–H and O–H groups in total. The van der Waals surface area contributed by atoms with Gasteiger partial charge in [0.1, 0.15) is 5.82 Å². The quantitative estimate of drug-likeness (QED) is 0.837. The van der Waals surface area contributed by atoms with Crippen molar-refractivity contribution >= 4 is 17.4 Å². The maximum atomic E-state index is 12.8. The predicted molar refractivity (Wildman–Crippen MR) is 110 cm³/mol. The van der Waals surface area contributed by atoms with E-state index in [9.17, 15) is 4.79 Å². The molecule has 0 radical (unpaired) electrons. The highest BCUT2D eigenvalue weighted by Crippen LogP contribution is 2.20. The molecule has 142 valence electrons. The molecule has 1 amide bonds. The van der Waals surface area contributed by atoms with E-state index in [2.05, 4.69) is 46.0 Å². The Hall–Kier alpha value is -2.56. The summed E-state index contributed by atoms with van der Waals surface area (Å²) in [6, 6.07) is 12.5. The number of amides is 1. The topological polar surface area (TPSA) is 39.7 Å². The Kier molecular flexibility index (Phi) is 5.28. The molecule has 4 rings (SSSR count). The summed E-state index contributed by atoms with van der Waals surface area (Å²) in [5, 5.41) is 0. The minimum absolute atomic E-state index is 0.0941. The number of aromatic nitrogens is 1. The summed E-state index contributed by atoms with van der Waals surface area (Å²) in [5.41, 5.74) is 3.21. The van der Waals surface area contributed by atoms with E-state index in [1.807, 2.05) is 17.0 Å². The number of pyridine rings is 1. The molecule has 2 fully saturated rings. The van der Waals surface area contributed by atoms with Crippen molar-refractivity contribution in [2.24, 2.45) is 0 Å². The molecular formula is C22H28N4O. The number of hydrogen-bond donors (Lipinski definition) is 0. The lowest BCUT2D eigenvalue weighted by Gasteiger charge is -2.36. The molecule has 2 aromatic rings. The average molecular weight is 364 g/mol. The van der Waals surface area contributed by atoms with E-state index in [1.54, 1.807) is 6.20 Å². The van der Waals surface area contributed by atoms with E-state index in [-0.39, 0.29) is 5.91 Å². The van der Waals surface area contributed by atoms with Crippen molar-refractivity contribution in [3.05, 3.63) is 53.7 Å². The maximum Gasteiger partial charge on any atom is 0.255 e. The maximum absolute atomic E-state index is 12.8. The lowest BCUT2D eigenvalue weighted by atomic mass is 10.1. The molecule has 0 aliphatic carbocycles. The van der Waals surface area contributed by atoms with E-state index < -0.39 is 0 Å². The van der Waals surface area contributed by atoms with Gasteiger partial charge in [-0.2, -0.15) is 0 Å². The van der Waals surface area contributed by atoms with Crippen molar-refractivity contribution in [3.63, 3.8) is 0 Å². The molecule has 2 aliphatic rings. The van der Waals surface area contributed by atoms with Gasteiger partial charge in [-0.3, -0.25) is 4.79 Å². The minimum atomic E-state index is 0.0941. The number of rotatable bonds is 3. The molecule has 5 nitrogen and oxygen atoms in total. The predicted octanol–water partition coefficient (Wildman–Crippen LogP) is 3.34. The van der Waals surface area contributed by atoms with Crippen molar-refractivity contribution < 1.29 is 4.79 Å². The largest absolute Gasteiger partial charge is 0.368 e. The van der Waals surface area contributed by atoms with E-state index in [1.165, 1.54) is 30.5 Å². The Labute approximate surface area is 161 Å². The summed E-state index contributed by atoms with van der Waals surface area (Å²) in [7, 11) is 0. The van der Waals surface area contributed by atoms with Crippen LogP contribution in [0.3, 0.4) is 0 Å². The first kappa shape index (κ1) is 17.8. The number of piperidine rings is 1. The van der Waals surface area contributed by atoms with Crippen LogP contribution in [0.1, 0.15) is 35.2 Å². The van der Waals surface area contributed by atoms with Gasteiger partial charge in [0.2, 0.25) is 0 Å². The Morgan fingerprint density at radius 1 is 0.889 bits per heavy atom. The number of hydrogen-bond acceptors (Lipinski definition) is 4. The van der Waals surface area contributed by atoms with Gasteiger partial charge in [-0.1, -0.05) is 12.1 Å². The van der Waals surface area contributed by atoms with Crippen LogP contribution in [0, 0.1) is 6.92 Å². The summed E-state index contributed by atoms with van der Waals surface area (Å²) in [5.74, 6) is 1.09. The number of piperazine rings is 1. The molecule has 5 heteroatoms. The molecule has 1 aromatic carbocycles. The second-order valence-corrected chi connectivity index (χ2v) is 7.57.